The number of nitrogens with one attached hydrogen (secondary N) is 1. The maximum Gasteiger partial charge on any atom is 0.157 e. The molecule has 0 bridgehead atoms. The van der Waals surface area contributed by atoms with Gasteiger partial charge < -0.3 is 15.5 Å². The monoisotopic (exact) mass is 213 g/mol. The Morgan fingerprint density at radius 1 is 1.36 bits per heavy atom. The van der Waals surface area contributed by atoms with Crippen molar-refractivity contribution >= 4 is 11.6 Å². The Morgan fingerprint density at radius 2 is 2.07 bits per heavy atom. The molecule has 0 aliphatic heterocycles. The van der Waals surface area contributed by atoms with Crippen LogP contribution in [0, 0.1) is 0 Å². The van der Waals surface area contributed by atoms with Crippen LogP contribution in [0.2, 0.25) is 0 Å². The zero-order valence-corrected chi connectivity index (χ0v) is 8.38. The topological polar surface area (TPSA) is 52.5 Å². The lowest BCUT2D eigenvalue weighted by Crippen LogP contribution is -2.14. The van der Waals surface area contributed by atoms with Crippen molar-refractivity contribution in [2.75, 3.05) is 6.54 Å². The zero-order chi connectivity index (χ0) is 10.6. The van der Waals surface area contributed by atoms with E-state index in [0.29, 0.717) is 18.1 Å². The first-order chi connectivity index (χ1) is 6.59. The Labute approximate surface area is 87.6 Å². The number of hydrogen-bond acceptors (Lipinski definition) is 3. The molecule has 0 aliphatic rings. The van der Waals surface area contributed by atoms with Gasteiger partial charge in [-0.3, -0.25) is 0 Å². The van der Waals surface area contributed by atoms with Crippen LogP contribution in [0.4, 0.5) is 0 Å². The van der Waals surface area contributed by atoms with E-state index in [0.717, 1.165) is 5.56 Å². The fourth-order valence-electron chi connectivity index (χ4n) is 1.02. The molecule has 1 aromatic rings. The molecule has 0 fully saturated rings. The Balaban J connectivity index is 2.51. The molecule has 0 aromatic heterocycles. The van der Waals surface area contributed by atoms with Crippen LogP contribution in [-0.2, 0) is 6.54 Å². The fraction of sp³-hybridized carbons (Fsp3) is 0.200. The van der Waals surface area contributed by atoms with Gasteiger partial charge in [0.05, 0.1) is 0 Å². The zero-order valence-electron chi connectivity index (χ0n) is 7.63. The fourth-order valence-corrected chi connectivity index (χ4v) is 1.12. The highest BCUT2D eigenvalue weighted by Gasteiger charge is 1.99. The average Bonchev–Trinajstić information content (AvgIpc) is 2.10. The first kappa shape index (κ1) is 10.9. The van der Waals surface area contributed by atoms with E-state index >= 15 is 0 Å². The summed E-state index contributed by atoms with van der Waals surface area (Å²) in [6.07, 6.45) is 0. The molecule has 0 spiro atoms. The molecule has 0 radical (unpaired) electrons. The van der Waals surface area contributed by atoms with E-state index in [-0.39, 0.29) is 11.5 Å². The molecule has 0 unspecified atom stereocenters. The number of aromatic hydroxyl groups is 2. The lowest BCUT2D eigenvalue weighted by Gasteiger charge is -2.04. The van der Waals surface area contributed by atoms with Crippen molar-refractivity contribution in [2.24, 2.45) is 0 Å². The number of phenols is 2. The SMILES string of the molecule is C=C(Cl)CNCc1ccc(O)c(O)c1. The molecular weight excluding hydrogens is 202 g/mol. The van der Waals surface area contributed by atoms with Gasteiger partial charge in [0, 0.05) is 18.1 Å². The standard InChI is InChI=1S/C10H12ClNO2/c1-7(11)5-12-6-8-2-3-9(13)10(14)4-8/h2-4,12-14H,1,5-6H2. The third kappa shape index (κ3) is 3.28. The van der Waals surface area contributed by atoms with Crippen molar-refractivity contribution in [3.63, 3.8) is 0 Å². The van der Waals surface area contributed by atoms with Gasteiger partial charge in [0.2, 0.25) is 0 Å². The van der Waals surface area contributed by atoms with Gasteiger partial charge in [0.25, 0.3) is 0 Å². The van der Waals surface area contributed by atoms with Crippen LogP contribution < -0.4 is 5.32 Å². The van der Waals surface area contributed by atoms with Crippen LogP contribution in [-0.4, -0.2) is 16.8 Å². The largest absolute Gasteiger partial charge is 0.504 e. The van der Waals surface area contributed by atoms with E-state index < -0.39 is 0 Å². The summed E-state index contributed by atoms with van der Waals surface area (Å²) in [6.45, 7) is 4.62. The van der Waals surface area contributed by atoms with Gasteiger partial charge >= 0.3 is 0 Å². The molecule has 0 saturated heterocycles. The van der Waals surface area contributed by atoms with Crippen LogP contribution in [0.15, 0.2) is 29.8 Å². The summed E-state index contributed by atoms with van der Waals surface area (Å²) in [4.78, 5) is 0. The molecule has 76 valence electrons. The summed E-state index contributed by atoms with van der Waals surface area (Å²) >= 11 is 5.55. The van der Waals surface area contributed by atoms with Crippen molar-refractivity contribution in [3.8, 4) is 11.5 Å². The molecule has 4 heteroatoms. The highest BCUT2D eigenvalue weighted by atomic mass is 35.5. The van der Waals surface area contributed by atoms with Crippen LogP contribution in [0.25, 0.3) is 0 Å². The summed E-state index contributed by atoms with van der Waals surface area (Å²) in [6, 6.07) is 4.67. The van der Waals surface area contributed by atoms with E-state index in [2.05, 4.69) is 11.9 Å². The third-order valence-corrected chi connectivity index (χ3v) is 1.82. The first-order valence-corrected chi connectivity index (χ1v) is 4.52. The molecular formula is C10H12ClNO2. The highest BCUT2D eigenvalue weighted by molar-refractivity contribution is 6.29. The maximum absolute atomic E-state index is 9.19. The maximum atomic E-state index is 9.19. The van der Waals surface area contributed by atoms with Crippen molar-refractivity contribution in [3.05, 3.63) is 35.4 Å². The quantitative estimate of drug-likeness (QED) is 0.670. The second-order valence-corrected chi connectivity index (χ2v) is 3.48. The van der Waals surface area contributed by atoms with E-state index in [1.54, 1.807) is 6.07 Å². The Hall–Kier alpha value is -1.19. The number of hydrogen-bond donors (Lipinski definition) is 3. The van der Waals surface area contributed by atoms with Crippen LogP contribution >= 0.6 is 11.6 Å². The summed E-state index contributed by atoms with van der Waals surface area (Å²) in [7, 11) is 0. The first-order valence-electron chi connectivity index (χ1n) is 4.14. The van der Waals surface area contributed by atoms with Gasteiger partial charge in [0.1, 0.15) is 0 Å². The average molecular weight is 214 g/mol. The van der Waals surface area contributed by atoms with Crippen LogP contribution in [0.3, 0.4) is 0 Å². The summed E-state index contributed by atoms with van der Waals surface area (Å²) in [5.74, 6) is -0.232. The summed E-state index contributed by atoms with van der Waals surface area (Å²) in [5.41, 5.74) is 0.873. The Morgan fingerprint density at radius 3 is 2.64 bits per heavy atom. The molecule has 3 N–H and O–H groups in total. The van der Waals surface area contributed by atoms with Gasteiger partial charge in [-0.2, -0.15) is 0 Å². The predicted molar refractivity (Wildman–Crippen MR) is 56.5 cm³/mol. The van der Waals surface area contributed by atoms with Gasteiger partial charge in [-0.25, -0.2) is 0 Å². The van der Waals surface area contributed by atoms with Crippen molar-refractivity contribution in [1.82, 2.24) is 5.32 Å². The van der Waals surface area contributed by atoms with Crippen molar-refractivity contribution in [2.45, 2.75) is 6.54 Å². The number of benzene rings is 1. The smallest absolute Gasteiger partial charge is 0.157 e. The Kier molecular flexibility index (Phi) is 3.80. The summed E-state index contributed by atoms with van der Waals surface area (Å²) < 4.78 is 0. The summed E-state index contributed by atoms with van der Waals surface area (Å²) in [5, 5.41) is 21.8. The van der Waals surface area contributed by atoms with Gasteiger partial charge in [0.15, 0.2) is 11.5 Å². The number of phenolic OH excluding ortho intramolecular Hbond substituents is 2. The molecule has 0 amide bonds. The molecule has 0 atom stereocenters. The van der Waals surface area contributed by atoms with E-state index in [1.807, 2.05) is 0 Å². The lowest BCUT2D eigenvalue weighted by molar-refractivity contribution is 0.403. The molecule has 0 saturated carbocycles. The van der Waals surface area contributed by atoms with Crippen molar-refractivity contribution in [1.29, 1.82) is 0 Å². The van der Waals surface area contributed by atoms with E-state index in [9.17, 15) is 5.11 Å². The molecule has 1 rings (SSSR count). The highest BCUT2D eigenvalue weighted by Crippen LogP contribution is 2.24. The minimum absolute atomic E-state index is 0.115. The van der Waals surface area contributed by atoms with Crippen LogP contribution in [0.1, 0.15) is 5.56 Å². The Bertz CT molecular complexity index is 339. The van der Waals surface area contributed by atoms with E-state index in [4.69, 9.17) is 16.7 Å². The molecule has 3 nitrogen and oxygen atoms in total. The minimum atomic E-state index is -0.117. The molecule has 0 aliphatic carbocycles. The third-order valence-electron chi connectivity index (χ3n) is 1.69. The number of halogens is 1. The van der Waals surface area contributed by atoms with Crippen molar-refractivity contribution < 1.29 is 10.2 Å². The van der Waals surface area contributed by atoms with E-state index in [1.165, 1.54) is 12.1 Å². The second kappa shape index (κ2) is 4.88. The molecule has 14 heavy (non-hydrogen) atoms. The minimum Gasteiger partial charge on any atom is -0.504 e. The molecule has 1 aromatic carbocycles. The normalized spacial score (nSPS) is 10.1. The van der Waals surface area contributed by atoms with Gasteiger partial charge in [-0.05, 0) is 17.7 Å². The molecule has 0 heterocycles. The second-order valence-electron chi connectivity index (χ2n) is 2.94. The lowest BCUT2D eigenvalue weighted by atomic mass is 10.2. The van der Waals surface area contributed by atoms with Crippen LogP contribution in [0.5, 0.6) is 11.5 Å². The van der Waals surface area contributed by atoms with Gasteiger partial charge in [-0.1, -0.05) is 24.2 Å². The predicted octanol–water partition coefficient (Wildman–Crippen LogP) is 1.94. The number of rotatable bonds is 4. The van der Waals surface area contributed by atoms with Gasteiger partial charge in [-0.15, -0.1) is 0 Å².